The molecule has 0 aromatic heterocycles. The van der Waals surface area contributed by atoms with Crippen molar-refractivity contribution in [3.05, 3.63) is 34.9 Å². The lowest BCUT2D eigenvalue weighted by molar-refractivity contribution is -0.149. The van der Waals surface area contributed by atoms with E-state index in [9.17, 15) is 4.79 Å². The number of allylic oxidation sites excluding steroid dienone is 5. The van der Waals surface area contributed by atoms with Crippen LogP contribution in [0.25, 0.3) is 0 Å². The molecule has 1 aliphatic heterocycles. The van der Waals surface area contributed by atoms with Gasteiger partial charge in [-0.2, -0.15) is 0 Å². The number of ether oxygens (including phenoxy) is 2. The second-order valence-electron chi connectivity index (χ2n) is 8.13. The minimum Gasteiger partial charge on any atom is -0.459 e. The van der Waals surface area contributed by atoms with Gasteiger partial charge in [0.1, 0.15) is 11.7 Å². The first-order valence-electron chi connectivity index (χ1n) is 9.59. The number of carbonyl (C=O) groups excluding carboxylic acids is 1. The van der Waals surface area contributed by atoms with E-state index < -0.39 is 0 Å². The molecule has 0 radical (unpaired) electrons. The second kappa shape index (κ2) is 8.35. The first kappa shape index (κ1) is 20.0. The van der Waals surface area contributed by atoms with Crippen molar-refractivity contribution < 1.29 is 14.3 Å². The van der Waals surface area contributed by atoms with Crippen molar-refractivity contribution in [1.82, 2.24) is 0 Å². The highest BCUT2D eigenvalue weighted by molar-refractivity contribution is 5.66. The Hall–Kier alpha value is -1.35. The SMILES string of the molecule is CC(=O)O[C@H]1C/C(C(C)C)=C\C=C(/C)CC/C=C(/C)CC[C@@H]2O[C@@]12C. The topological polar surface area (TPSA) is 38.8 Å². The smallest absolute Gasteiger partial charge is 0.303 e. The zero-order chi connectivity index (χ0) is 18.6. The Bertz CT molecular complexity index is 582. The van der Waals surface area contributed by atoms with Crippen LogP contribution < -0.4 is 0 Å². The molecule has 2 aliphatic rings. The predicted molar refractivity (Wildman–Crippen MR) is 102 cm³/mol. The fourth-order valence-electron chi connectivity index (χ4n) is 3.51. The summed E-state index contributed by atoms with van der Waals surface area (Å²) in [7, 11) is 0. The van der Waals surface area contributed by atoms with Crippen LogP contribution in [0.5, 0.6) is 0 Å². The van der Waals surface area contributed by atoms with Gasteiger partial charge in [0.05, 0.1) is 6.10 Å². The third-order valence-corrected chi connectivity index (χ3v) is 5.50. The van der Waals surface area contributed by atoms with E-state index in [1.165, 1.54) is 23.6 Å². The monoisotopic (exact) mass is 346 g/mol. The number of epoxide rings is 1. The summed E-state index contributed by atoms with van der Waals surface area (Å²) in [6, 6.07) is 0. The minimum atomic E-state index is -0.358. The zero-order valence-corrected chi connectivity index (χ0v) is 16.7. The average molecular weight is 347 g/mol. The predicted octanol–water partition coefficient (Wildman–Crippen LogP) is 5.51. The van der Waals surface area contributed by atoms with Crippen LogP contribution in [0.1, 0.15) is 73.6 Å². The van der Waals surface area contributed by atoms with Gasteiger partial charge in [0.2, 0.25) is 0 Å². The maximum absolute atomic E-state index is 11.7. The van der Waals surface area contributed by atoms with Gasteiger partial charge >= 0.3 is 5.97 Å². The highest BCUT2D eigenvalue weighted by atomic mass is 16.6. The number of esters is 1. The van der Waals surface area contributed by atoms with Crippen LogP contribution in [0.15, 0.2) is 34.9 Å². The number of rotatable bonds is 2. The lowest BCUT2D eigenvalue weighted by atomic mass is 9.87. The Labute approximate surface area is 153 Å². The lowest BCUT2D eigenvalue weighted by Crippen LogP contribution is -2.34. The Morgan fingerprint density at radius 3 is 2.60 bits per heavy atom. The minimum absolute atomic E-state index is 0.175. The Morgan fingerprint density at radius 1 is 1.24 bits per heavy atom. The Morgan fingerprint density at radius 2 is 1.96 bits per heavy atom. The number of carbonyl (C=O) groups is 1. The molecule has 1 saturated heterocycles. The highest BCUT2D eigenvalue weighted by Gasteiger charge is 2.58. The summed E-state index contributed by atoms with van der Waals surface area (Å²) in [5.41, 5.74) is 3.76. The molecule has 0 aromatic carbocycles. The molecular formula is C22H34O3. The maximum atomic E-state index is 11.7. The quantitative estimate of drug-likeness (QED) is 0.376. The molecule has 3 nitrogen and oxygen atoms in total. The van der Waals surface area contributed by atoms with Crippen molar-refractivity contribution in [2.75, 3.05) is 0 Å². The molecule has 25 heavy (non-hydrogen) atoms. The average Bonchev–Trinajstić information content (AvgIpc) is 3.18. The molecule has 1 heterocycles. The van der Waals surface area contributed by atoms with E-state index in [0.29, 0.717) is 5.92 Å². The van der Waals surface area contributed by atoms with Crippen LogP contribution in [0.3, 0.4) is 0 Å². The summed E-state index contributed by atoms with van der Waals surface area (Å²) in [5, 5.41) is 0. The van der Waals surface area contributed by atoms with Crippen LogP contribution in [-0.4, -0.2) is 23.8 Å². The third kappa shape index (κ3) is 5.57. The number of hydrogen-bond donors (Lipinski definition) is 0. The van der Waals surface area contributed by atoms with Crippen molar-refractivity contribution >= 4 is 5.97 Å². The summed E-state index contributed by atoms with van der Waals surface area (Å²) in [4.78, 5) is 11.7. The number of fused-ring (bicyclic) bond motifs is 1. The lowest BCUT2D eigenvalue weighted by Gasteiger charge is -2.24. The first-order valence-corrected chi connectivity index (χ1v) is 9.59. The summed E-state index contributed by atoms with van der Waals surface area (Å²) in [6.45, 7) is 12.4. The van der Waals surface area contributed by atoms with Gasteiger partial charge in [-0.1, -0.05) is 48.8 Å². The molecule has 0 aromatic rings. The maximum Gasteiger partial charge on any atom is 0.303 e. The second-order valence-corrected chi connectivity index (χ2v) is 8.13. The van der Waals surface area contributed by atoms with Crippen LogP contribution >= 0.6 is 0 Å². The van der Waals surface area contributed by atoms with Crippen LogP contribution in [0, 0.1) is 5.92 Å². The van der Waals surface area contributed by atoms with Crippen molar-refractivity contribution in [1.29, 1.82) is 0 Å². The Balaban J connectivity index is 2.30. The Kier molecular flexibility index (Phi) is 6.67. The standard InChI is InChI=1S/C22H34O3/c1-15(2)19-12-10-16(3)8-7-9-17(4)11-13-20-22(6,25-20)21(14-19)24-18(5)23/h9-10,12,15,20-21H,7-8,11,13-14H2,1-6H3/b16-10+,17-9-,19-12+/t20-,21-,22+/m0/s1. The van der Waals surface area contributed by atoms with Gasteiger partial charge in [-0.25, -0.2) is 0 Å². The van der Waals surface area contributed by atoms with Crippen molar-refractivity contribution in [3.63, 3.8) is 0 Å². The summed E-state index contributed by atoms with van der Waals surface area (Å²) >= 11 is 0. The zero-order valence-electron chi connectivity index (χ0n) is 16.7. The van der Waals surface area contributed by atoms with Crippen molar-refractivity contribution in [2.24, 2.45) is 5.92 Å². The van der Waals surface area contributed by atoms with Gasteiger partial charge in [0.25, 0.3) is 0 Å². The first-order chi connectivity index (χ1) is 11.7. The van der Waals surface area contributed by atoms with E-state index in [1.807, 2.05) is 0 Å². The van der Waals surface area contributed by atoms with E-state index in [-0.39, 0.29) is 23.8 Å². The molecule has 140 valence electrons. The molecule has 3 heteroatoms. The summed E-state index contributed by atoms with van der Waals surface area (Å²) < 4.78 is 11.7. The molecule has 0 bridgehead atoms. The molecule has 1 aliphatic carbocycles. The van der Waals surface area contributed by atoms with Gasteiger partial charge in [0, 0.05) is 13.3 Å². The molecule has 0 N–H and O–H groups in total. The van der Waals surface area contributed by atoms with Gasteiger partial charge < -0.3 is 9.47 Å². The molecule has 2 rings (SSSR count). The van der Waals surface area contributed by atoms with Gasteiger partial charge in [-0.3, -0.25) is 4.79 Å². The van der Waals surface area contributed by atoms with Crippen LogP contribution in [0.4, 0.5) is 0 Å². The summed E-state index contributed by atoms with van der Waals surface area (Å²) in [5.74, 6) is 0.186. The van der Waals surface area contributed by atoms with E-state index in [1.54, 1.807) is 0 Å². The third-order valence-electron chi connectivity index (χ3n) is 5.50. The van der Waals surface area contributed by atoms with E-state index in [0.717, 1.165) is 32.1 Å². The van der Waals surface area contributed by atoms with Gasteiger partial charge in [-0.05, 0) is 52.4 Å². The fraction of sp³-hybridized carbons (Fsp3) is 0.682. The van der Waals surface area contributed by atoms with Crippen molar-refractivity contribution in [3.8, 4) is 0 Å². The van der Waals surface area contributed by atoms with Gasteiger partial charge in [-0.15, -0.1) is 0 Å². The molecule has 0 unspecified atom stereocenters. The molecule has 0 spiro atoms. The largest absolute Gasteiger partial charge is 0.459 e. The highest BCUT2D eigenvalue weighted by Crippen LogP contribution is 2.46. The molecule has 0 saturated carbocycles. The molecule has 3 atom stereocenters. The van der Waals surface area contributed by atoms with E-state index in [2.05, 4.69) is 52.8 Å². The summed E-state index contributed by atoms with van der Waals surface area (Å²) in [6.07, 6.45) is 11.7. The van der Waals surface area contributed by atoms with E-state index >= 15 is 0 Å². The van der Waals surface area contributed by atoms with Crippen LogP contribution in [-0.2, 0) is 14.3 Å². The number of hydrogen-bond acceptors (Lipinski definition) is 3. The molecule has 1 fully saturated rings. The van der Waals surface area contributed by atoms with Crippen molar-refractivity contribution in [2.45, 2.75) is 91.5 Å². The van der Waals surface area contributed by atoms with E-state index in [4.69, 9.17) is 9.47 Å². The molecular weight excluding hydrogens is 312 g/mol. The fourth-order valence-corrected chi connectivity index (χ4v) is 3.51. The molecule has 0 amide bonds. The van der Waals surface area contributed by atoms with Crippen LogP contribution in [0.2, 0.25) is 0 Å². The normalized spacial score (nSPS) is 37.5. The van der Waals surface area contributed by atoms with Gasteiger partial charge in [0.15, 0.2) is 0 Å².